The predicted octanol–water partition coefficient (Wildman–Crippen LogP) is 2.60. The SMILES string of the molecule is CCNC(=O)C1CCC(N/C(=C\N)c2ccc(-c3ccc(C(N)=O)cc3)cc2)C1. The molecule has 2 amide bonds. The Hall–Kier alpha value is -3.28. The highest BCUT2D eigenvalue weighted by Crippen LogP contribution is 2.28. The van der Waals surface area contributed by atoms with Gasteiger partial charge in [-0.05, 0) is 55.0 Å². The Labute approximate surface area is 171 Å². The normalized spacial score (nSPS) is 19.0. The predicted molar refractivity (Wildman–Crippen MR) is 116 cm³/mol. The Balaban J connectivity index is 1.65. The lowest BCUT2D eigenvalue weighted by Crippen LogP contribution is -2.31. The molecule has 0 aliphatic heterocycles. The summed E-state index contributed by atoms with van der Waals surface area (Å²) >= 11 is 0. The molecule has 0 heterocycles. The van der Waals surface area contributed by atoms with E-state index in [2.05, 4.69) is 10.6 Å². The molecular formula is C23H28N4O2. The highest BCUT2D eigenvalue weighted by molar-refractivity contribution is 5.93. The molecule has 1 fully saturated rings. The summed E-state index contributed by atoms with van der Waals surface area (Å²) in [6.45, 7) is 2.60. The largest absolute Gasteiger partial charge is 0.403 e. The Morgan fingerprint density at radius 1 is 1.00 bits per heavy atom. The van der Waals surface area contributed by atoms with Gasteiger partial charge in [0.05, 0.1) is 5.70 Å². The number of primary amides is 1. The third kappa shape index (κ3) is 4.96. The maximum absolute atomic E-state index is 12.0. The van der Waals surface area contributed by atoms with Crippen molar-refractivity contribution in [2.75, 3.05) is 6.54 Å². The molecule has 29 heavy (non-hydrogen) atoms. The van der Waals surface area contributed by atoms with Gasteiger partial charge in [0.25, 0.3) is 0 Å². The summed E-state index contributed by atoms with van der Waals surface area (Å²) < 4.78 is 0. The fraction of sp³-hybridized carbons (Fsp3) is 0.304. The average molecular weight is 393 g/mol. The quantitative estimate of drug-likeness (QED) is 0.580. The molecular weight excluding hydrogens is 364 g/mol. The van der Waals surface area contributed by atoms with Gasteiger partial charge in [-0.1, -0.05) is 36.4 Å². The zero-order valence-corrected chi connectivity index (χ0v) is 16.7. The molecule has 152 valence electrons. The first-order valence-corrected chi connectivity index (χ1v) is 9.98. The number of carbonyl (C=O) groups excluding carboxylic acids is 2. The van der Waals surface area contributed by atoms with Crippen LogP contribution in [0.4, 0.5) is 0 Å². The Morgan fingerprint density at radius 2 is 1.59 bits per heavy atom. The zero-order chi connectivity index (χ0) is 20.8. The summed E-state index contributed by atoms with van der Waals surface area (Å²) in [6, 6.07) is 15.5. The fourth-order valence-electron chi connectivity index (χ4n) is 3.79. The summed E-state index contributed by atoms with van der Waals surface area (Å²) in [4.78, 5) is 23.3. The second-order valence-corrected chi connectivity index (χ2v) is 7.35. The van der Waals surface area contributed by atoms with Crippen molar-refractivity contribution in [1.82, 2.24) is 10.6 Å². The molecule has 1 saturated carbocycles. The lowest BCUT2D eigenvalue weighted by Gasteiger charge is -2.18. The van der Waals surface area contributed by atoms with Crippen LogP contribution in [0.15, 0.2) is 54.7 Å². The van der Waals surface area contributed by atoms with Crippen LogP contribution in [0.2, 0.25) is 0 Å². The molecule has 6 N–H and O–H groups in total. The molecule has 0 aromatic heterocycles. The number of amides is 2. The lowest BCUT2D eigenvalue weighted by atomic mass is 10.0. The topological polar surface area (TPSA) is 110 Å². The van der Waals surface area contributed by atoms with Crippen LogP contribution >= 0.6 is 0 Å². The Morgan fingerprint density at radius 3 is 2.10 bits per heavy atom. The number of hydrogen-bond donors (Lipinski definition) is 4. The van der Waals surface area contributed by atoms with E-state index in [1.165, 1.54) is 0 Å². The smallest absolute Gasteiger partial charge is 0.248 e. The second-order valence-electron chi connectivity index (χ2n) is 7.35. The summed E-state index contributed by atoms with van der Waals surface area (Å²) in [5, 5.41) is 6.40. The molecule has 0 bridgehead atoms. The maximum atomic E-state index is 12.0. The monoisotopic (exact) mass is 392 g/mol. The minimum atomic E-state index is -0.433. The van der Waals surface area contributed by atoms with E-state index in [1.54, 1.807) is 18.3 Å². The van der Waals surface area contributed by atoms with Crippen molar-refractivity contribution in [2.24, 2.45) is 17.4 Å². The van der Waals surface area contributed by atoms with Crippen molar-refractivity contribution in [3.8, 4) is 11.1 Å². The number of rotatable bonds is 7. The van der Waals surface area contributed by atoms with Gasteiger partial charge < -0.3 is 22.1 Å². The van der Waals surface area contributed by atoms with Crippen LogP contribution in [0.25, 0.3) is 16.8 Å². The highest BCUT2D eigenvalue weighted by Gasteiger charge is 2.29. The molecule has 2 unspecified atom stereocenters. The number of hydrogen-bond acceptors (Lipinski definition) is 4. The highest BCUT2D eigenvalue weighted by atomic mass is 16.2. The lowest BCUT2D eigenvalue weighted by molar-refractivity contribution is -0.124. The van der Waals surface area contributed by atoms with Gasteiger partial charge in [0, 0.05) is 30.3 Å². The van der Waals surface area contributed by atoms with Crippen LogP contribution in [-0.4, -0.2) is 24.4 Å². The molecule has 1 aliphatic rings. The van der Waals surface area contributed by atoms with E-state index < -0.39 is 5.91 Å². The number of nitrogens with one attached hydrogen (secondary N) is 2. The van der Waals surface area contributed by atoms with Gasteiger partial charge in [0.1, 0.15) is 0 Å². The molecule has 0 saturated heterocycles. The van der Waals surface area contributed by atoms with E-state index in [9.17, 15) is 9.59 Å². The van der Waals surface area contributed by atoms with E-state index in [0.717, 1.165) is 41.6 Å². The maximum Gasteiger partial charge on any atom is 0.248 e. The fourth-order valence-corrected chi connectivity index (χ4v) is 3.79. The van der Waals surface area contributed by atoms with E-state index in [0.29, 0.717) is 12.1 Å². The average Bonchev–Trinajstić information content (AvgIpc) is 3.21. The molecule has 2 atom stereocenters. The van der Waals surface area contributed by atoms with Crippen molar-refractivity contribution >= 4 is 17.5 Å². The van der Waals surface area contributed by atoms with Crippen LogP contribution in [-0.2, 0) is 4.79 Å². The van der Waals surface area contributed by atoms with Crippen LogP contribution in [0.3, 0.4) is 0 Å². The minimum absolute atomic E-state index is 0.0669. The summed E-state index contributed by atoms with van der Waals surface area (Å²) in [6.07, 6.45) is 4.23. The summed E-state index contributed by atoms with van der Waals surface area (Å²) in [7, 11) is 0. The molecule has 2 aromatic rings. The third-order valence-corrected chi connectivity index (χ3v) is 5.38. The van der Waals surface area contributed by atoms with Gasteiger partial charge in [-0.15, -0.1) is 0 Å². The van der Waals surface area contributed by atoms with Gasteiger partial charge in [-0.3, -0.25) is 9.59 Å². The van der Waals surface area contributed by atoms with E-state index in [-0.39, 0.29) is 17.9 Å². The van der Waals surface area contributed by atoms with Crippen molar-refractivity contribution in [3.05, 3.63) is 65.9 Å². The van der Waals surface area contributed by atoms with Gasteiger partial charge in [0.2, 0.25) is 11.8 Å². The van der Waals surface area contributed by atoms with Gasteiger partial charge in [-0.2, -0.15) is 0 Å². The second kappa shape index (κ2) is 9.28. The van der Waals surface area contributed by atoms with Crippen molar-refractivity contribution in [1.29, 1.82) is 0 Å². The van der Waals surface area contributed by atoms with Crippen molar-refractivity contribution in [2.45, 2.75) is 32.2 Å². The zero-order valence-electron chi connectivity index (χ0n) is 16.7. The molecule has 1 aliphatic carbocycles. The van der Waals surface area contributed by atoms with E-state index >= 15 is 0 Å². The van der Waals surface area contributed by atoms with Crippen LogP contribution in [0.1, 0.15) is 42.1 Å². The molecule has 6 nitrogen and oxygen atoms in total. The first-order valence-electron chi connectivity index (χ1n) is 9.98. The first kappa shape index (κ1) is 20.5. The number of benzene rings is 2. The summed E-state index contributed by atoms with van der Waals surface area (Å²) in [5.41, 5.74) is 15.6. The van der Waals surface area contributed by atoms with Crippen molar-refractivity contribution < 1.29 is 9.59 Å². The van der Waals surface area contributed by atoms with Gasteiger partial charge >= 0.3 is 0 Å². The molecule has 6 heteroatoms. The first-order chi connectivity index (χ1) is 14.0. The van der Waals surface area contributed by atoms with Gasteiger partial charge in [-0.25, -0.2) is 0 Å². The van der Waals surface area contributed by atoms with Crippen LogP contribution < -0.4 is 22.1 Å². The Kier molecular flexibility index (Phi) is 6.54. The molecule has 0 spiro atoms. The Bertz CT molecular complexity index is 888. The van der Waals surface area contributed by atoms with E-state index in [1.807, 2.05) is 43.3 Å². The van der Waals surface area contributed by atoms with Gasteiger partial charge in [0.15, 0.2) is 0 Å². The standard InChI is InChI=1S/C23H28N4O2/c1-2-26-23(29)19-11-12-20(13-19)27-21(14-24)17-7-3-15(4-8-17)16-5-9-18(10-6-16)22(25)28/h3-10,14,19-20,27H,2,11-13,24H2,1H3,(H2,25,28)(H,26,29)/b21-14-. The van der Waals surface area contributed by atoms with Crippen molar-refractivity contribution in [3.63, 3.8) is 0 Å². The summed E-state index contributed by atoms with van der Waals surface area (Å²) in [5.74, 6) is -0.226. The van der Waals surface area contributed by atoms with E-state index in [4.69, 9.17) is 11.5 Å². The molecule has 2 aromatic carbocycles. The number of carbonyl (C=O) groups is 2. The third-order valence-electron chi connectivity index (χ3n) is 5.38. The molecule has 0 radical (unpaired) electrons. The number of nitrogens with two attached hydrogens (primary N) is 2. The molecule has 3 rings (SSSR count). The van der Waals surface area contributed by atoms with Crippen LogP contribution in [0.5, 0.6) is 0 Å². The van der Waals surface area contributed by atoms with Crippen LogP contribution in [0, 0.1) is 5.92 Å². The minimum Gasteiger partial charge on any atom is -0.403 e.